The van der Waals surface area contributed by atoms with Crippen molar-refractivity contribution in [3.63, 3.8) is 0 Å². The Morgan fingerprint density at radius 1 is 1.53 bits per heavy atom. The van der Waals surface area contributed by atoms with Crippen molar-refractivity contribution < 1.29 is 14.6 Å². The van der Waals surface area contributed by atoms with E-state index in [-0.39, 0.29) is 0 Å². The summed E-state index contributed by atoms with van der Waals surface area (Å²) in [4.78, 5) is 11.1. The van der Waals surface area contributed by atoms with Crippen molar-refractivity contribution in [1.29, 1.82) is 0 Å². The van der Waals surface area contributed by atoms with E-state index in [1.165, 1.54) is 11.1 Å². The van der Waals surface area contributed by atoms with Gasteiger partial charge in [0.2, 0.25) is 0 Å². The van der Waals surface area contributed by atoms with Crippen molar-refractivity contribution in [3.8, 4) is 0 Å². The Morgan fingerprint density at radius 2 is 2.26 bits per heavy atom. The number of aliphatic carboxylic acids is 1. The lowest BCUT2D eigenvalue weighted by molar-refractivity contribution is -0.178. The number of carboxylic acids is 1. The average molecular weight is 328 g/mol. The molecule has 0 unspecified atom stereocenters. The van der Waals surface area contributed by atoms with E-state index in [9.17, 15) is 4.79 Å². The highest BCUT2D eigenvalue weighted by Gasteiger charge is 2.45. The number of benzene rings is 1. The summed E-state index contributed by atoms with van der Waals surface area (Å²) in [6.07, 6.45) is 0.891. The zero-order chi connectivity index (χ0) is 13.9. The van der Waals surface area contributed by atoms with Crippen LogP contribution in [0.15, 0.2) is 22.7 Å². The zero-order valence-electron chi connectivity index (χ0n) is 10.9. The lowest BCUT2D eigenvalue weighted by Crippen LogP contribution is -2.55. The average Bonchev–Trinajstić information content (AvgIpc) is 2.30. The van der Waals surface area contributed by atoms with Crippen LogP contribution in [0.1, 0.15) is 11.1 Å². The maximum Gasteiger partial charge on any atom is 0.315 e. The summed E-state index contributed by atoms with van der Waals surface area (Å²) in [5.41, 5.74) is 1.81. The predicted octanol–water partition coefficient (Wildman–Crippen LogP) is 1.99. The Morgan fingerprint density at radius 3 is 2.84 bits per heavy atom. The number of carboxylic acid groups (broad SMARTS) is 1. The van der Waals surface area contributed by atoms with Crippen molar-refractivity contribution in [1.82, 2.24) is 5.32 Å². The summed E-state index contributed by atoms with van der Waals surface area (Å²) in [5, 5.41) is 12.4. The second kappa shape index (κ2) is 6.03. The van der Waals surface area contributed by atoms with Crippen molar-refractivity contribution in [3.05, 3.63) is 33.8 Å². The van der Waals surface area contributed by atoms with Crippen LogP contribution in [0.5, 0.6) is 0 Å². The third-order valence-corrected chi connectivity index (χ3v) is 4.05. The molecule has 0 saturated carbocycles. The van der Waals surface area contributed by atoms with Crippen LogP contribution in [0.3, 0.4) is 0 Å². The van der Waals surface area contributed by atoms with Crippen LogP contribution in [0.25, 0.3) is 0 Å². The summed E-state index contributed by atoms with van der Waals surface area (Å²) >= 11 is 3.46. The van der Waals surface area contributed by atoms with Crippen LogP contribution in [-0.4, -0.2) is 37.4 Å². The lowest BCUT2D eigenvalue weighted by atomic mass is 9.86. The molecule has 104 valence electrons. The molecule has 1 saturated heterocycles. The molecule has 0 spiro atoms. The molecule has 1 fully saturated rings. The van der Waals surface area contributed by atoms with Crippen LogP contribution < -0.4 is 5.32 Å². The summed E-state index contributed by atoms with van der Waals surface area (Å²) in [5.74, 6) is -0.773. The van der Waals surface area contributed by atoms with E-state index < -0.39 is 11.4 Å². The number of ether oxygens (including phenoxy) is 1. The SMILES string of the molecule is Cc1ccc(Br)cc1CCNCC1(C(=O)O)COC1. The third kappa shape index (κ3) is 3.35. The van der Waals surface area contributed by atoms with Crippen LogP contribution in [-0.2, 0) is 16.0 Å². The zero-order valence-corrected chi connectivity index (χ0v) is 12.5. The molecule has 2 N–H and O–H groups in total. The standard InChI is InChI=1S/C14H18BrNO3/c1-10-2-3-12(15)6-11(10)4-5-16-7-14(13(17)18)8-19-9-14/h2-3,6,16H,4-5,7-9H2,1H3,(H,17,18). The van der Waals surface area contributed by atoms with Gasteiger partial charge in [-0.15, -0.1) is 0 Å². The smallest absolute Gasteiger partial charge is 0.315 e. The van der Waals surface area contributed by atoms with Gasteiger partial charge in [0.05, 0.1) is 13.2 Å². The first-order valence-corrected chi connectivity index (χ1v) is 7.10. The molecule has 19 heavy (non-hydrogen) atoms. The highest BCUT2D eigenvalue weighted by Crippen LogP contribution is 2.26. The molecule has 0 bridgehead atoms. The fourth-order valence-electron chi connectivity index (χ4n) is 2.11. The first kappa shape index (κ1) is 14.5. The van der Waals surface area contributed by atoms with Gasteiger partial charge in [0, 0.05) is 11.0 Å². The number of carbonyl (C=O) groups is 1. The topological polar surface area (TPSA) is 58.6 Å². The Balaban J connectivity index is 1.81. The van der Waals surface area contributed by atoms with Gasteiger partial charge >= 0.3 is 5.97 Å². The summed E-state index contributed by atoms with van der Waals surface area (Å²) in [7, 11) is 0. The van der Waals surface area contributed by atoms with Gasteiger partial charge in [-0.25, -0.2) is 0 Å². The van der Waals surface area contributed by atoms with Crippen molar-refractivity contribution in [2.24, 2.45) is 5.41 Å². The first-order valence-electron chi connectivity index (χ1n) is 6.30. The van der Waals surface area contributed by atoms with Crippen molar-refractivity contribution in [2.45, 2.75) is 13.3 Å². The molecule has 0 aromatic heterocycles. The molecule has 1 heterocycles. The van der Waals surface area contributed by atoms with Gasteiger partial charge in [0.25, 0.3) is 0 Å². The first-order chi connectivity index (χ1) is 9.03. The Bertz CT molecular complexity index is 472. The molecule has 4 nitrogen and oxygen atoms in total. The minimum atomic E-state index is -0.773. The van der Waals surface area contributed by atoms with Crippen LogP contribution in [0.2, 0.25) is 0 Å². The molecule has 2 rings (SSSR count). The summed E-state index contributed by atoms with van der Waals surface area (Å²) in [6, 6.07) is 6.21. The monoisotopic (exact) mass is 327 g/mol. The minimum absolute atomic E-state index is 0.311. The highest BCUT2D eigenvalue weighted by atomic mass is 79.9. The summed E-state index contributed by atoms with van der Waals surface area (Å²) < 4.78 is 6.09. The third-order valence-electron chi connectivity index (χ3n) is 3.56. The van der Waals surface area contributed by atoms with Gasteiger partial charge in [-0.2, -0.15) is 0 Å². The number of rotatable bonds is 6. The molecule has 0 atom stereocenters. The molecular formula is C14H18BrNO3. The number of hydrogen-bond acceptors (Lipinski definition) is 3. The second-order valence-corrected chi connectivity index (χ2v) is 5.99. The number of hydrogen-bond donors (Lipinski definition) is 2. The fourth-order valence-corrected chi connectivity index (χ4v) is 2.52. The highest BCUT2D eigenvalue weighted by molar-refractivity contribution is 9.10. The van der Waals surface area contributed by atoms with Crippen LogP contribution in [0, 0.1) is 12.3 Å². The van der Waals surface area contributed by atoms with Gasteiger partial charge in [0.15, 0.2) is 0 Å². The number of halogens is 1. The second-order valence-electron chi connectivity index (χ2n) is 5.08. The molecule has 1 aliphatic rings. The molecular weight excluding hydrogens is 310 g/mol. The van der Waals surface area contributed by atoms with E-state index in [0.29, 0.717) is 19.8 Å². The Labute approximate surface area is 121 Å². The quantitative estimate of drug-likeness (QED) is 0.784. The van der Waals surface area contributed by atoms with E-state index in [2.05, 4.69) is 40.3 Å². The van der Waals surface area contributed by atoms with Crippen molar-refractivity contribution in [2.75, 3.05) is 26.3 Å². The minimum Gasteiger partial charge on any atom is -0.481 e. The molecule has 1 aliphatic heterocycles. The van der Waals surface area contributed by atoms with E-state index in [1.807, 2.05) is 6.07 Å². The van der Waals surface area contributed by atoms with E-state index in [1.54, 1.807) is 0 Å². The molecule has 0 radical (unpaired) electrons. The largest absolute Gasteiger partial charge is 0.481 e. The van der Waals surface area contributed by atoms with E-state index >= 15 is 0 Å². The Kier molecular flexibility index (Phi) is 4.60. The molecule has 0 aliphatic carbocycles. The van der Waals surface area contributed by atoms with Crippen molar-refractivity contribution >= 4 is 21.9 Å². The van der Waals surface area contributed by atoms with Gasteiger partial charge in [0.1, 0.15) is 5.41 Å². The number of nitrogens with one attached hydrogen (secondary N) is 1. The van der Waals surface area contributed by atoms with E-state index in [0.717, 1.165) is 17.4 Å². The molecule has 1 aromatic carbocycles. The van der Waals surface area contributed by atoms with Crippen LogP contribution in [0.4, 0.5) is 0 Å². The number of aryl methyl sites for hydroxylation is 1. The fraction of sp³-hybridized carbons (Fsp3) is 0.500. The maximum absolute atomic E-state index is 11.1. The van der Waals surface area contributed by atoms with Gasteiger partial charge in [-0.3, -0.25) is 4.79 Å². The molecule has 0 amide bonds. The molecule has 5 heteroatoms. The summed E-state index contributed by atoms with van der Waals surface area (Å²) in [6.45, 7) is 3.94. The Hall–Kier alpha value is -0.910. The van der Waals surface area contributed by atoms with Gasteiger partial charge < -0.3 is 15.2 Å². The van der Waals surface area contributed by atoms with Gasteiger partial charge in [-0.1, -0.05) is 22.0 Å². The normalized spacial score (nSPS) is 16.9. The van der Waals surface area contributed by atoms with Gasteiger partial charge in [-0.05, 0) is 43.1 Å². The van der Waals surface area contributed by atoms with Crippen LogP contribution >= 0.6 is 15.9 Å². The maximum atomic E-state index is 11.1. The van der Waals surface area contributed by atoms with E-state index in [4.69, 9.17) is 9.84 Å². The predicted molar refractivity (Wildman–Crippen MR) is 76.3 cm³/mol. The molecule has 1 aromatic rings. The lowest BCUT2D eigenvalue weighted by Gasteiger charge is -2.37.